The first-order valence-corrected chi connectivity index (χ1v) is 11.2. The molecule has 3 heterocycles. The normalized spacial score (nSPS) is 18.0. The number of benzene rings is 2. The quantitative estimate of drug-likeness (QED) is 0.653. The van der Waals surface area contributed by atoms with Crippen LogP contribution in [-0.4, -0.2) is 59.8 Å². The molecule has 0 spiro atoms. The smallest absolute Gasteiger partial charge is 0.231 e. The number of methoxy groups -OCH3 is 1. The number of fused-ring (bicyclic) bond motifs is 1. The molecule has 8 nitrogen and oxygen atoms in total. The predicted octanol–water partition coefficient (Wildman–Crippen LogP) is 2.87. The number of nitrogens with one attached hydrogen (secondary N) is 1. The average molecular weight is 446 g/mol. The number of carbonyl (C=O) groups excluding carboxylic acids is 2. The van der Waals surface area contributed by atoms with Crippen LogP contribution in [0.4, 0.5) is 11.5 Å². The van der Waals surface area contributed by atoms with E-state index in [0.29, 0.717) is 25.5 Å². The Hall–Kier alpha value is -3.81. The number of piperazine rings is 1. The molecule has 1 atom stereocenters. The van der Waals surface area contributed by atoms with Crippen LogP contribution in [0.1, 0.15) is 6.42 Å². The van der Waals surface area contributed by atoms with Crippen LogP contribution in [0.2, 0.25) is 0 Å². The van der Waals surface area contributed by atoms with Gasteiger partial charge in [-0.25, -0.2) is 4.68 Å². The van der Waals surface area contributed by atoms with Gasteiger partial charge in [0.15, 0.2) is 0 Å². The molecule has 2 amide bonds. The van der Waals surface area contributed by atoms with Crippen molar-refractivity contribution in [1.29, 1.82) is 0 Å². The molecule has 0 radical (unpaired) electrons. The van der Waals surface area contributed by atoms with Crippen molar-refractivity contribution in [3.8, 4) is 16.9 Å². The topological polar surface area (TPSA) is 79.7 Å². The van der Waals surface area contributed by atoms with E-state index in [1.54, 1.807) is 18.0 Å². The molecule has 33 heavy (non-hydrogen) atoms. The van der Waals surface area contributed by atoms with Crippen molar-refractivity contribution in [1.82, 2.24) is 14.7 Å². The van der Waals surface area contributed by atoms with Gasteiger partial charge in [0.25, 0.3) is 0 Å². The zero-order valence-electron chi connectivity index (χ0n) is 18.6. The van der Waals surface area contributed by atoms with Crippen molar-refractivity contribution >= 4 is 23.3 Å². The lowest BCUT2D eigenvalue weighted by Crippen LogP contribution is -2.49. The number of carbonyl (C=O) groups is 2. The molecule has 1 unspecified atom stereocenters. The number of amides is 2. The number of anilines is 2. The highest BCUT2D eigenvalue weighted by molar-refractivity contribution is 5.98. The van der Waals surface area contributed by atoms with Gasteiger partial charge < -0.3 is 19.9 Å². The molecule has 0 saturated carbocycles. The first-order chi connectivity index (χ1) is 16.1. The van der Waals surface area contributed by atoms with E-state index in [-0.39, 0.29) is 18.2 Å². The third kappa shape index (κ3) is 4.28. The van der Waals surface area contributed by atoms with Gasteiger partial charge in [0.05, 0.1) is 25.8 Å². The lowest BCUT2D eigenvalue weighted by atomic mass is 10.0. The molecule has 1 aromatic heterocycles. The van der Waals surface area contributed by atoms with E-state index in [1.165, 1.54) is 0 Å². The Morgan fingerprint density at radius 3 is 2.48 bits per heavy atom. The predicted molar refractivity (Wildman–Crippen MR) is 126 cm³/mol. The number of ether oxygens (including phenoxy) is 1. The Morgan fingerprint density at radius 2 is 1.79 bits per heavy atom. The van der Waals surface area contributed by atoms with E-state index >= 15 is 0 Å². The number of aromatic nitrogens is 2. The van der Waals surface area contributed by atoms with Crippen LogP contribution in [0.25, 0.3) is 11.1 Å². The summed E-state index contributed by atoms with van der Waals surface area (Å²) < 4.78 is 7.02. The number of hydrogen-bond acceptors (Lipinski definition) is 5. The molecule has 0 aliphatic carbocycles. The lowest BCUT2D eigenvalue weighted by Gasteiger charge is -2.37. The molecule has 1 N–H and O–H groups in total. The van der Waals surface area contributed by atoms with Crippen molar-refractivity contribution in [3.63, 3.8) is 0 Å². The molecule has 0 bridgehead atoms. The lowest BCUT2D eigenvalue weighted by molar-refractivity contribution is -0.135. The molecular formula is C25H27N5O3. The minimum absolute atomic E-state index is 0.0171. The van der Waals surface area contributed by atoms with Gasteiger partial charge in [0.2, 0.25) is 11.8 Å². The van der Waals surface area contributed by atoms with Crippen molar-refractivity contribution < 1.29 is 14.3 Å². The maximum absolute atomic E-state index is 13.0. The summed E-state index contributed by atoms with van der Waals surface area (Å²) in [5.74, 6) is 1.000. The Labute approximate surface area is 192 Å². The summed E-state index contributed by atoms with van der Waals surface area (Å²) in [7, 11) is 1.65. The zero-order valence-corrected chi connectivity index (χ0v) is 18.6. The van der Waals surface area contributed by atoms with Gasteiger partial charge in [-0.2, -0.15) is 5.10 Å². The van der Waals surface area contributed by atoms with Gasteiger partial charge in [0, 0.05) is 43.9 Å². The van der Waals surface area contributed by atoms with Crippen molar-refractivity contribution in [2.75, 3.05) is 43.5 Å². The summed E-state index contributed by atoms with van der Waals surface area (Å²) in [6.07, 6.45) is 1.96. The fraction of sp³-hybridized carbons (Fsp3) is 0.320. The van der Waals surface area contributed by atoms with Crippen LogP contribution in [0.15, 0.2) is 60.8 Å². The molecule has 1 saturated heterocycles. The molecule has 3 aromatic rings. The highest BCUT2D eigenvalue weighted by Gasteiger charge is 2.32. The summed E-state index contributed by atoms with van der Waals surface area (Å²) in [5, 5.41) is 7.43. The second-order valence-corrected chi connectivity index (χ2v) is 8.41. The number of rotatable bonds is 5. The maximum Gasteiger partial charge on any atom is 0.231 e. The van der Waals surface area contributed by atoms with Crippen LogP contribution in [0, 0.1) is 5.92 Å². The molecule has 8 heteroatoms. The van der Waals surface area contributed by atoms with Crippen molar-refractivity contribution in [3.05, 3.63) is 60.8 Å². The Balaban J connectivity index is 1.19. The summed E-state index contributed by atoms with van der Waals surface area (Å²) in [5.41, 5.74) is 3.02. The third-order valence-corrected chi connectivity index (χ3v) is 6.42. The van der Waals surface area contributed by atoms with Crippen LogP contribution >= 0.6 is 0 Å². The van der Waals surface area contributed by atoms with E-state index in [9.17, 15) is 9.59 Å². The Morgan fingerprint density at radius 1 is 1.06 bits per heavy atom. The van der Waals surface area contributed by atoms with Crippen LogP contribution in [-0.2, 0) is 16.1 Å². The van der Waals surface area contributed by atoms with E-state index in [4.69, 9.17) is 4.74 Å². The molecule has 1 fully saturated rings. The monoisotopic (exact) mass is 445 g/mol. The molecule has 2 aromatic carbocycles. The van der Waals surface area contributed by atoms with Crippen LogP contribution < -0.4 is 15.0 Å². The van der Waals surface area contributed by atoms with Gasteiger partial charge in [-0.3, -0.25) is 9.59 Å². The number of nitrogens with zero attached hydrogens (tertiary/aromatic N) is 4. The fourth-order valence-corrected chi connectivity index (χ4v) is 4.50. The summed E-state index contributed by atoms with van der Waals surface area (Å²) in [4.78, 5) is 29.9. The standard InChI is InChI=1S/C25H27N5O3/c1-33-21-9-7-20(8-10-21)28-11-13-29(14-12-28)23(31)15-19-17-30-24(27-25(19)32)22(16-26-30)18-5-3-2-4-6-18/h2-10,16,19H,11-15,17H2,1H3,(H,27,32). The summed E-state index contributed by atoms with van der Waals surface area (Å²) >= 11 is 0. The molecule has 2 aliphatic rings. The first-order valence-electron chi connectivity index (χ1n) is 11.2. The van der Waals surface area contributed by atoms with Crippen LogP contribution in [0.3, 0.4) is 0 Å². The highest BCUT2D eigenvalue weighted by atomic mass is 16.5. The van der Waals surface area contributed by atoms with E-state index in [1.807, 2.05) is 59.5 Å². The second kappa shape index (κ2) is 8.97. The largest absolute Gasteiger partial charge is 0.497 e. The van der Waals surface area contributed by atoms with Gasteiger partial charge in [0.1, 0.15) is 11.6 Å². The second-order valence-electron chi connectivity index (χ2n) is 8.41. The van der Waals surface area contributed by atoms with E-state index in [0.717, 1.165) is 35.7 Å². The fourth-order valence-electron chi connectivity index (χ4n) is 4.50. The average Bonchev–Trinajstić information content (AvgIpc) is 3.27. The highest BCUT2D eigenvalue weighted by Crippen LogP contribution is 2.32. The first kappa shape index (κ1) is 21.1. The summed E-state index contributed by atoms with van der Waals surface area (Å²) in [6.45, 7) is 3.22. The Bertz CT molecular complexity index is 1130. The van der Waals surface area contributed by atoms with Gasteiger partial charge >= 0.3 is 0 Å². The number of hydrogen-bond donors (Lipinski definition) is 1. The minimum Gasteiger partial charge on any atom is -0.497 e. The van der Waals surface area contributed by atoms with Crippen molar-refractivity contribution in [2.24, 2.45) is 5.92 Å². The van der Waals surface area contributed by atoms with E-state index in [2.05, 4.69) is 15.3 Å². The molecule has 170 valence electrons. The molecule has 5 rings (SSSR count). The SMILES string of the molecule is COc1ccc(N2CCN(C(=O)CC3Cn4ncc(-c5ccccc5)c4NC3=O)CC2)cc1. The minimum atomic E-state index is -0.423. The zero-order chi connectivity index (χ0) is 22.8. The van der Waals surface area contributed by atoms with E-state index < -0.39 is 5.92 Å². The summed E-state index contributed by atoms with van der Waals surface area (Å²) in [6, 6.07) is 17.8. The van der Waals surface area contributed by atoms with Crippen LogP contribution in [0.5, 0.6) is 5.75 Å². The molecular weight excluding hydrogens is 418 g/mol. The van der Waals surface area contributed by atoms with Gasteiger partial charge in [-0.1, -0.05) is 30.3 Å². The third-order valence-electron chi connectivity index (χ3n) is 6.42. The molecule has 2 aliphatic heterocycles. The van der Waals surface area contributed by atoms with Gasteiger partial charge in [-0.15, -0.1) is 0 Å². The van der Waals surface area contributed by atoms with Gasteiger partial charge in [-0.05, 0) is 29.8 Å². The van der Waals surface area contributed by atoms with Crippen molar-refractivity contribution in [2.45, 2.75) is 13.0 Å². The maximum atomic E-state index is 13.0. The Kier molecular flexibility index (Phi) is 5.73.